The summed E-state index contributed by atoms with van der Waals surface area (Å²) in [6.45, 7) is 0. The third kappa shape index (κ3) is 0.676. The summed E-state index contributed by atoms with van der Waals surface area (Å²) in [6.07, 6.45) is 0. The highest BCUT2D eigenvalue weighted by atomic mass is 35.5. The summed E-state index contributed by atoms with van der Waals surface area (Å²) >= 11 is 7.44. The van der Waals surface area contributed by atoms with E-state index < -0.39 is 0 Å². The van der Waals surface area contributed by atoms with Gasteiger partial charge in [0.15, 0.2) is 5.15 Å². The number of hydrogen-bond acceptors (Lipinski definition) is 2. The fourth-order valence-corrected chi connectivity index (χ4v) is 2.08. The normalized spacial score (nSPS) is 11.0. The number of nitrogens with zero attached hydrogens (tertiary/aromatic N) is 2. The van der Waals surface area contributed by atoms with Gasteiger partial charge < -0.3 is 0 Å². The average molecular weight is 173 g/mol. The number of aromatic nitrogens is 2. The molecular weight excluding hydrogens is 168 g/mol. The molecule has 0 unspecified atom stereocenters. The molecule has 0 fully saturated rings. The molecule has 0 bridgehead atoms. The van der Waals surface area contributed by atoms with E-state index in [9.17, 15) is 0 Å². The zero-order chi connectivity index (χ0) is 7.14. The largest absolute Gasteiger partial charge is 0.256 e. The van der Waals surface area contributed by atoms with Crippen molar-refractivity contribution in [2.24, 2.45) is 7.05 Å². The van der Waals surface area contributed by atoms with E-state index in [-0.39, 0.29) is 0 Å². The van der Waals surface area contributed by atoms with Crippen molar-refractivity contribution in [1.82, 2.24) is 9.78 Å². The van der Waals surface area contributed by atoms with E-state index in [1.54, 1.807) is 16.0 Å². The summed E-state index contributed by atoms with van der Waals surface area (Å²) in [5, 5.41) is 7.70. The Kier molecular flexibility index (Phi) is 1.22. The van der Waals surface area contributed by atoms with Gasteiger partial charge in [-0.1, -0.05) is 11.6 Å². The fourth-order valence-electron chi connectivity index (χ4n) is 0.940. The van der Waals surface area contributed by atoms with Gasteiger partial charge in [0.05, 0.1) is 5.39 Å². The van der Waals surface area contributed by atoms with Gasteiger partial charge in [-0.25, -0.2) is 0 Å². The molecular formula is C6H5ClN2S. The second kappa shape index (κ2) is 1.97. The van der Waals surface area contributed by atoms with Crippen LogP contribution in [0.1, 0.15) is 0 Å². The van der Waals surface area contributed by atoms with Crippen molar-refractivity contribution in [3.8, 4) is 0 Å². The number of aryl methyl sites for hydroxylation is 1. The minimum absolute atomic E-state index is 0.596. The predicted octanol–water partition coefficient (Wildman–Crippen LogP) is 2.29. The number of hydrogen-bond donors (Lipinski definition) is 0. The highest BCUT2D eigenvalue weighted by Gasteiger charge is 2.05. The Bertz CT molecular complexity index is 331. The van der Waals surface area contributed by atoms with E-state index in [4.69, 9.17) is 11.6 Å². The molecule has 10 heavy (non-hydrogen) atoms. The highest BCUT2D eigenvalue weighted by Crippen LogP contribution is 2.26. The number of fused-ring (bicyclic) bond motifs is 1. The second-order valence-corrected chi connectivity index (χ2v) is 3.31. The Hall–Kier alpha value is -0.540. The maximum Gasteiger partial charge on any atom is 0.159 e. The van der Waals surface area contributed by atoms with Crippen molar-refractivity contribution in [2.75, 3.05) is 0 Å². The van der Waals surface area contributed by atoms with Crippen LogP contribution in [0, 0.1) is 0 Å². The molecule has 2 aromatic rings. The molecule has 0 aliphatic rings. The molecule has 2 rings (SSSR count). The summed E-state index contributed by atoms with van der Waals surface area (Å²) < 4.78 is 1.79. The summed E-state index contributed by atoms with van der Waals surface area (Å²) in [4.78, 5) is 1.13. The Morgan fingerprint density at radius 3 is 3.20 bits per heavy atom. The van der Waals surface area contributed by atoms with Gasteiger partial charge in [0.2, 0.25) is 0 Å². The Labute approximate surface area is 67.0 Å². The molecule has 0 saturated heterocycles. The first-order valence-corrected chi connectivity index (χ1v) is 4.10. The Balaban J connectivity index is 2.98. The van der Waals surface area contributed by atoms with Gasteiger partial charge in [-0.2, -0.15) is 5.10 Å². The number of halogens is 1. The molecule has 0 amide bonds. The van der Waals surface area contributed by atoms with Gasteiger partial charge >= 0.3 is 0 Å². The SMILES string of the molecule is Cn1nc(Cl)c2ccsc21. The predicted molar refractivity (Wildman–Crippen MR) is 43.6 cm³/mol. The second-order valence-electron chi connectivity index (χ2n) is 2.05. The van der Waals surface area contributed by atoms with Crippen LogP contribution in [-0.4, -0.2) is 9.78 Å². The molecule has 2 nitrogen and oxygen atoms in total. The Morgan fingerprint density at radius 1 is 1.70 bits per heavy atom. The van der Waals surface area contributed by atoms with E-state index in [0.29, 0.717) is 5.15 Å². The molecule has 4 heteroatoms. The van der Waals surface area contributed by atoms with Crippen molar-refractivity contribution < 1.29 is 0 Å². The molecule has 2 aromatic heterocycles. The lowest BCUT2D eigenvalue weighted by atomic mass is 10.5. The van der Waals surface area contributed by atoms with Gasteiger partial charge in [-0.15, -0.1) is 11.3 Å². The lowest BCUT2D eigenvalue weighted by molar-refractivity contribution is 0.803. The lowest BCUT2D eigenvalue weighted by Crippen LogP contribution is -1.86. The highest BCUT2D eigenvalue weighted by molar-refractivity contribution is 7.16. The van der Waals surface area contributed by atoms with Crippen LogP contribution in [0.2, 0.25) is 5.15 Å². The monoisotopic (exact) mass is 172 g/mol. The van der Waals surface area contributed by atoms with Gasteiger partial charge in [-0.3, -0.25) is 4.68 Å². The summed E-state index contributed by atoms with van der Waals surface area (Å²) in [7, 11) is 1.89. The van der Waals surface area contributed by atoms with Gasteiger partial charge in [0, 0.05) is 7.05 Å². The van der Waals surface area contributed by atoms with E-state index in [2.05, 4.69) is 5.10 Å². The van der Waals surface area contributed by atoms with Crippen molar-refractivity contribution >= 4 is 33.2 Å². The third-order valence-electron chi connectivity index (χ3n) is 1.40. The third-order valence-corrected chi connectivity index (χ3v) is 2.66. The summed E-state index contributed by atoms with van der Waals surface area (Å²) in [6, 6.07) is 1.98. The fraction of sp³-hybridized carbons (Fsp3) is 0.167. The first-order valence-electron chi connectivity index (χ1n) is 2.85. The zero-order valence-corrected chi connectivity index (χ0v) is 6.91. The Morgan fingerprint density at radius 2 is 2.50 bits per heavy atom. The molecule has 0 N–H and O–H groups in total. The molecule has 0 saturated carbocycles. The van der Waals surface area contributed by atoms with Crippen LogP contribution in [0.5, 0.6) is 0 Å². The van der Waals surface area contributed by atoms with Crippen molar-refractivity contribution in [3.63, 3.8) is 0 Å². The van der Waals surface area contributed by atoms with Crippen molar-refractivity contribution in [2.45, 2.75) is 0 Å². The van der Waals surface area contributed by atoms with E-state index in [0.717, 1.165) is 10.2 Å². The van der Waals surface area contributed by atoms with E-state index in [1.807, 2.05) is 18.5 Å². The topological polar surface area (TPSA) is 17.8 Å². The minimum Gasteiger partial charge on any atom is -0.256 e. The van der Waals surface area contributed by atoms with Crippen LogP contribution in [0.25, 0.3) is 10.2 Å². The van der Waals surface area contributed by atoms with Crippen LogP contribution in [0.4, 0.5) is 0 Å². The van der Waals surface area contributed by atoms with Crippen LogP contribution in [0.3, 0.4) is 0 Å². The molecule has 0 spiro atoms. The molecule has 0 aliphatic carbocycles. The molecule has 2 heterocycles. The van der Waals surface area contributed by atoms with Gasteiger partial charge in [0.1, 0.15) is 4.83 Å². The van der Waals surface area contributed by atoms with Crippen LogP contribution in [-0.2, 0) is 7.05 Å². The van der Waals surface area contributed by atoms with Gasteiger partial charge in [-0.05, 0) is 11.4 Å². The zero-order valence-electron chi connectivity index (χ0n) is 5.34. The molecule has 0 aromatic carbocycles. The minimum atomic E-state index is 0.596. The molecule has 52 valence electrons. The van der Waals surface area contributed by atoms with Crippen LogP contribution in [0.15, 0.2) is 11.4 Å². The first kappa shape index (κ1) is 6.19. The molecule has 0 radical (unpaired) electrons. The maximum atomic E-state index is 5.79. The molecule has 0 atom stereocenters. The first-order chi connectivity index (χ1) is 4.79. The summed E-state index contributed by atoms with van der Waals surface area (Å²) in [5.41, 5.74) is 0. The lowest BCUT2D eigenvalue weighted by Gasteiger charge is -1.83. The smallest absolute Gasteiger partial charge is 0.159 e. The van der Waals surface area contributed by atoms with Crippen molar-refractivity contribution in [1.29, 1.82) is 0 Å². The van der Waals surface area contributed by atoms with Crippen LogP contribution >= 0.6 is 22.9 Å². The number of rotatable bonds is 0. The standard InChI is InChI=1S/C6H5ClN2S/c1-9-6-4(2-3-10-6)5(7)8-9/h2-3H,1H3. The number of thiophene rings is 1. The van der Waals surface area contributed by atoms with Gasteiger partial charge in [0.25, 0.3) is 0 Å². The maximum absolute atomic E-state index is 5.79. The average Bonchev–Trinajstić information content (AvgIpc) is 2.39. The van der Waals surface area contributed by atoms with Crippen molar-refractivity contribution in [3.05, 3.63) is 16.6 Å². The quantitative estimate of drug-likeness (QED) is 0.596. The summed E-state index contributed by atoms with van der Waals surface area (Å²) in [5.74, 6) is 0. The van der Waals surface area contributed by atoms with Crippen LogP contribution < -0.4 is 0 Å². The van der Waals surface area contributed by atoms with E-state index >= 15 is 0 Å². The molecule has 0 aliphatic heterocycles. The van der Waals surface area contributed by atoms with E-state index in [1.165, 1.54) is 0 Å².